The molecule has 0 aliphatic rings. The smallest absolute Gasteiger partial charge is 0.390 e. The van der Waals surface area contributed by atoms with Crippen molar-refractivity contribution in [1.82, 2.24) is 9.78 Å². The molecule has 3 aromatic rings. The van der Waals surface area contributed by atoms with Crippen molar-refractivity contribution in [3.8, 4) is 0 Å². The Morgan fingerprint density at radius 3 is 2.76 bits per heavy atom. The van der Waals surface area contributed by atoms with E-state index in [0.29, 0.717) is 26.7 Å². The molecule has 0 fully saturated rings. The Balaban J connectivity index is 1.75. The summed E-state index contributed by atoms with van der Waals surface area (Å²) < 4.78 is 6.90. The third-order valence-corrected chi connectivity index (χ3v) is 5.95. The minimum atomic E-state index is -0.571. The summed E-state index contributed by atoms with van der Waals surface area (Å²) in [4.78, 5) is 34.9. The van der Waals surface area contributed by atoms with Gasteiger partial charge in [0, 0.05) is 15.8 Å². The van der Waals surface area contributed by atoms with Gasteiger partial charge in [0.15, 0.2) is 0 Å². The molecule has 3 rings (SSSR count). The number of hydrogen-bond donors (Lipinski definition) is 1. The van der Waals surface area contributed by atoms with E-state index in [1.54, 1.807) is 32.0 Å². The minimum absolute atomic E-state index is 0.199. The molecule has 0 spiro atoms. The van der Waals surface area contributed by atoms with Crippen LogP contribution in [0.3, 0.4) is 0 Å². The molecule has 9 nitrogen and oxygen atoms in total. The Hall–Kier alpha value is -2.98. The first kappa shape index (κ1) is 20.7. The summed E-state index contributed by atoms with van der Waals surface area (Å²) in [6.45, 7) is 3.60. The molecule has 0 radical (unpaired) electrons. The molecule has 29 heavy (non-hydrogen) atoms. The van der Waals surface area contributed by atoms with Crippen molar-refractivity contribution in [1.29, 1.82) is 0 Å². The molecule has 152 valence electrons. The highest BCUT2D eigenvalue weighted by Crippen LogP contribution is 2.37. The zero-order valence-electron chi connectivity index (χ0n) is 15.8. The average Bonchev–Trinajstić information content (AvgIpc) is 3.21. The zero-order valence-corrected chi connectivity index (χ0v) is 17.3. The van der Waals surface area contributed by atoms with Crippen LogP contribution in [0.4, 0.5) is 11.5 Å². The lowest BCUT2D eigenvalue weighted by Gasteiger charge is -2.11. The molecule has 0 aliphatic heterocycles. The fourth-order valence-corrected chi connectivity index (χ4v) is 4.21. The fourth-order valence-electron chi connectivity index (χ4n) is 2.74. The van der Waals surface area contributed by atoms with Crippen LogP contribution in [0.25, 0.3) is 10.1 Å². The molecule has 1 N–H and O–H groups in total. The van der Waals surface area contributed by atoms with Gasteiger partial charge in [0.1, 0.15) is 4.88 Å². The van der Waals surface area contributed by atoms with Crippen LogP contribution in [0.2, 0.25) is 5.02 Å². The van der Waals surface area contributed by atoms with Gasteiger partial charge in [-0.3, -0.25) is 4.79 Å². The molecule has 0 saturated heterocycles. The standard InChI is InChI=1S/C18H17ClN4O5S/c1-9(8-22-10(2)6-14(21-22)23(26)27)17(24)20-11-4-5-12-13(7-11)29-16(15(12)19)18(25)28-3/h4-7,9H,8H2,1-3H3,(H,20,24). The second-order valence-electron chi connectivity index (χ2n) is 6.42. The van der Waals surface area contributed by atoms with E-state index in [2.05, 4.69) is 10.4 Å². The number of fused-ring (bicyclic) bond motifs is 1. The van der Waals surface area contributed by atoms with E-state index >= 15 is 0 Å². The molecule has 11 heteroatoms. The van der Waals surface area contributed by atoms with Crippen molar-refractivity contribution in [3.63, 3.8) is 0 Å². The lowest BCUT2D eigenvalue weighted by molar-refractivity contribution is -0.389. The van der Waals surface area contributed by atoms with Crippen molar-refractivity contribution in [2.24, 2.45) is 5.92 Å². The Morgan fingerprint density at radius 2 is 2.14 bits per heavy atom. The lowest BCUT2D eigenvalue weighted by Crippen LogP contribution is -2.25. The predicted molar refractivity (Wildman–Crippen MR) is 110 cm³/mol. The summed E-state index contributed by atoms with van der Waals surface area (Å²) in [5.41, 5.74) is 1.15. The van der Waals surface area contributed by atoms with Gasteiger partial charge in [0.25, 0.3) is 0 Å². The number of rotatable bonds is 6. The highest BCUT2D eigenvalue weighted by atomic mass is 35.5. The van der Waals surface area contributed by atoms with Crippen LogP contribution in [-0.4, -0.2) is 33.7 Å². The Kier molecular flexibility index (Phi) is 5.85. The van der Waals surface area contributed by atoms with Crippen molar-refractivity contribution < 1.29 is 19.2 Å². The quantitative estimate of drug-likeness (QED) is 0.354. The van der Waals surface area contributed by atoms with E-state index in [9.17, 15) is 19.7 Å². The van der Waals surface area contributed by atoms with E-state index in [-0.39, 0.29) is 18.3 Å². The highest BCUT2D eigenvalue weighted by molar-refractivity contribution is 7.21. The van der Waals surface area contributed by atoms with E-state index in [1.165, 1.54) is 29.2 Å². The maximum atomic E-state index is 12.5. The molecule has 0 bridgehead atoms. The number of amides is 1. The number of aryl methyl sites for hydroxylation is 1. The number of hydrogen-bond acceptors (Lipinski definition) is 7. The molecular formula is C18H17ClN4O5S. The molecule has 1 atom stereocenters. The largest absolute Gasteiger partial charge is 0.465 e. The number of anilines is 1. The maximum absolute atomic E-state index is 12.5. The molecule has 1 aromatic carbocycles. The van der Waals surface area contributed by atoms with Crippen molar-refractivity contribution in [3.05, 3.63) is 50.0 Å². The van der Waals surface area contributed by atoms with Crippen LogP contribution in [0, 0.1) is 23.0 Å². The molecule has 0 aliphatic carbocycles. The normalized spacial score (nSPS) is 12.0. The summed E-state index contributed by atoms with van der Waals surface area (Å²) >= 11 is 7.41. The molecular weight excluding hydrogens is 420 g/mol. The topological polar surface area (TPSA) is 116 Å². The number of nitro groups is 1. The molecule has 2 aromatic heterocycles. The van der Waals surface area contributed by atoms with Crippen LogP contribution in [-0.2, 0) is 16.1 Å². The van der Waals surface area contributed by atoms with Gasteiger partial charge in [-0.1, -0.05) is 18.5 Å². The number of halogens is 1. The monoisotopic (exact) mass is 436 g/mol. The van der Waals surface area contributed by atoms with Crippen LogP contribution >= 0.6 is 22.9 Å². The Labute approximate surface area is 174 Å². The number of methoxy groups -OCH3 is 1. The fraction of sp³-hybridized carbons (Fsp3) is 0.278. The lowest BCUT2D eigenvalue weighted by atomic mass is 10.1. The van der Waals surface area contributed by atoms with Gasteiger partial charge in [-0.05, 0) is 30.0 Å². The Morgan fingerprint density at radius 1 is 1.41 bits per heavy atom. The van der Waals surface area contributed by atoms with Gasteiger partial charge in [-0.2, -0.15) is 4.68 Å². The van der Waals surface area contributed by atoms with Crippen molar-refractivity contribution >= 4 is 56.4 Å². The number of thiophene rings is 1. The van der Waals surface area contributed by atoms with E-state index in [4.69, 9.17) is 16.3 Å². The number of nitrogens with zero attached hydrogens (tertiary/aromatic N) is 3. The van der Waals surface area contributed by atoms with Crippen molar-refractivity contribution in [2.45, 2.75) is 20.4 Å². The summed E-state index contributed by atoms with van der Waals surface area (Å²) in [6.07, 6.45) is 0. The second kappa shape index (κ2) is 8.18. The van der Waals surface area contributed by atoms with Gasteiger partial charge in [-0.25, -0.2) is 4.79 Å². The van der Waals surface area contributed by atoms with Crippen LogP contribution in [0.1, 0.15) is 22.3 Å². The number of aromatic nitrogens is 2. The van der Waals surface area contributed by atoms with Gasteiger partial charge in [0.2, 0.25) is 5.91 Å². The van der Waals surface area contributed by atoms with Crippen LogP contribution in [0.5, 0.6) is 0 Å². The van der Waals surface area contributed by atoms with E-state index in [0.717, 1.165) is 4.70 Å². The van der Waals surface area contributed by atoms with Gasteiger partial charge < -0.3 is 20.2 Å². The molecule has 1 unspecified atom stereocenters. The highest BCUT2D eigenvalue weighted by Gasteiger charge is 2.22. The van der Waals surface area contributed by atoms with Gasteiger partial charge in [0.05, 0.1) is 41.5 Å². The van der Waals surface area contributed by atoms with E-state index < -0.39 is 16.8 Å². The molecule has 2 heterocycles. The first-order valence-corrected chi connectivity index (χ1v) is 9.70. The third kappa shape index (κ3) is 4.22. The summed E-state index contributed by atoms with van der Waals surface area (Å²) in [5, 5.41) is 18.6. The van der Waals surface area contributed by atoms with Crippen molar-refractivity contribution in [2.75, 3.05) is 12.4 Å². The SMILES string of the molecule is COC(=O)c1sc2cc(NC(=O)C(C)Cn3nc([N+](=O)[O-])cc3C)ccc2c1Cl. The molecule has 0 saturated carbocycles. The van der Waals surface area contributed by atoms with E-state index in [1.807, 2.05) is 0 Å². The summed E-state index contributed by atoms with van der Waals surface area (Å²) in [5.74, 6) is -1.52. The van der Waals surface area contributed by atoms with Crippen LogP contribution < -0.4 is 5.32 Å². The number of carbonyl (C=O) groups excluding carboxylic acids is 2. The summed E-state index contributed by atoms with van der Waals surface area (Å²) in [7, 11) is 1.28. The number of carbonyl (C=O) groups is 2. The van der Waals surface area contributed by atoms with Crippen LogP contribution in [0.15, 0.2) is 24.3 Å². The number of ether oxygens (including phenoxy) is 1. The number of nitrogens with one attached hydrogen (secondary N) is 1. The first-order valence-electron chi connectivity index (χ1n) is 8.51. The summed E-state index contributed by atoms with van der Waals surface area (Å²) in [6, 6.07) is 6.50. The number of esters is 1. The first-order chi connectivity index (χ1) is 13.7. The third-order valence-electron chi connectivity index (χ3n) is 4.32. The predicted octanol–water partition coefficient (Wildman–Crippen LogP) is 4.03. The maximum Gasteiger partial charge on any atom is 0.390 e. The second-order valence-corrected chi connectivity index (χ2v) is 7.85. The average molecular weight is 437 g/mol. The van der Waals surface area contributed by atoms with Gasteiger partial charge in [-0.15, -0.1) is 11.3 Å². The number of benzene rings is 1. The van der Waals surface area contributed by atoms with Gasteiger partial charge >= 0.3 is 11.8 Å². The zero-order chi connectivity index (χ0) is 21.3. The minimum Gasteiger partial charge on any atom is -0.465 e. The molecule has 1 amide bonds. The Bertz CT molecular complexity index is 1120.